The minimum Gasteiger partial charge on any atom is -0.332 e. The molecule has 0 saturated carbocycles. The summed E-state index contributed by atoms with van der Waals surface area (Å²) in [5.74, 6) is 0.703. The summed E-state index contributed by atoms with van der Waals surface area (Å²) >= 11 is 3.57. The molecule has 1 aromatic carbocycles. The van der Waals surface area contributed by atoms with Crippen molar-refractivity contribution in [3.8, 4) is 0 Å². The maximum absolute atomic E-state index is 12.1. The van der Waals surface area contributed by atoms with E-state index in [0.717, 1.165) is 23.0 Å². The van der Waals surface area contributed by atoms with Crippen molar-refractivity contribution in [2.45, 2.75) is 32.4 Å². The number of halogens is 1. The van der Waals surface area contributed by atoms with Crippen LogP contribution in [0.5, 0.6) is 0 Å². The molecule has 0 saturated heterocycles. The lowest BCUT2D eigenvalue weighted by Crippen LogP contribution is -2.37. The van der Waals surface area contributed by atoms with E-state index in [2.05, 4.69) is 42.6 Å². The van der Waals surface area contributed by atoms with Crippen molar-refractivity contribution in [3.63, 3.8) is 0 Å². The topological polar surface area (TPSA) is 66.9 Å². The summed E-state index contributed by atoms with van der Waals surface area (Å²) < 4.78 is 1.12. The lowest BCUT2D eigenvalue weighted by Gasteiger charge is -2.15. The molecule has 1 aromatic heterocycles. The minimum absolute atomic E-state index is 0.0691. The quantitative estimate of drug-likeness (QED) is 0.883. The first-order chi connectivity index (χ1) is 10.6. The van der Waals surface area contributed by atoms with Crippen LogP contribution in [-0.2, 0) is 13.0 Å². The number of nitrogens with one attached hydrogen (secondary N) is 2. The van der Waals surface area contributed by atoms with Crippen LogP contribution in [0.4, 0.5) is 4.79 Å². The Morgan fingerprint density at radius 3 is 3.09 bits per heavy atom. The van der Waals surface area contributed by atoms with Crippen molar-refractivity contribution in [2.24, 2.45) is 0 Å². The fraction of sp³-hybridized carbons (Fsp3) is 0.312. The average Bonchev–Trinajstić information content (AvgIpc) is 2.90. The van der Waals surface area contributed by atoms with Crippen molar-refractivity contribution in [1.82, 2.24) is 20.6 Å². The van der Waals surface area contributed by atoms with Crippen LogP contribution in [0.2, 0.25) is 0 Å². The lowest BCUT2D eigenvalue weighted by atomic mass is 10.1. The molecule has 0 aliphatic heterocycles. The predicted molar refractivity (Wildman–Crippen MR) is 87.3 cm³/mol. The van der Waals surface area contributed by atoms with E-state index in [1.165, 1.54) is 11.1 Å². The van der Waals surface area contributed by atoms with Crippen LogP contribution in [0.15, 0.2) is 34.9 Å². The molecule has 0 radical (unpaired) electrons. The van der Waals surface area contributed by atoms with Crippen LogP contribution in [0.3, 0.4) is 0 Å². The van der Waals surface area contributed by atoms with Crippen molar-refractivity contribution in [1.29, 1.82) is 0 Å². The second-order valence-electron chi connectivity index (χ2n) is 5.32. The van der Waals surface area contributed by atoms with E-state index in [0.29, 0.717) is 12.4 Å². The standard InChI is InChI=1S/C16H17BrN4O/c1-10-18-8-7-11(20-10)9-19-16(22)21-15-6-5-12-13(15)3-2-4-14(12)17/h2-4,7-8,15H,5-6,9H2,1H3,(H2,19,21,22). The van der Waals surface area contributed by atoms with Gasteiger partial charge < -0.3 is 10.6 Å². The van der Waals surface area contributed by atoms with Gasteiger partial charge in [-0.05, 0) is 43.0 Å². The zero-order valence-corrected chi connectivity index (χ0v) is 13.9. The first-order valence-electron chi connectivity index (χ1n) is 7.23. The second-order valence-corrected chi connectivity index (χ2v) is 6.18. The first-order valence-corrected chi connectivity index (χ1v) is 8.03. The summed E-state index contributed by atoms with van der Waals surface area (Å²) in [6.45, 7) is 2.23. The Morgan fingerprint density at radius 2 is 2.27 bits per heavy atom. The molecule has 0 bridgehead atoms. The Hall–Kier alpha value is -1.95. The van der Waals surface area contributed by atoms with Gasteiger partial charge in [-0.2, -0.15) is 0 Å². The smallest absolute Gasteiger partial charge is 0.315 e. The molecule has 5 nitrogen and oxygen atoms in total. The number of carbonyl (C=O) groups excluding carboxylic acids is 1. The van der Waals surface area contributed by atoms with E-state index < -0.39 is 0 Å². The maximum Gasteiger partial charge on any atom is 0.315 e. The average molecular weight is 361 g/mol. The van der Waals surface area contributed by atoms with Crippen LogP contribution >= 0.6 is 15.9 Å². The highest BCUT2D eigenvalue weighted by atomic mass is 79.9. The van der Waals surface area contributed by atoms with Crippen LogP contribution in [0.1, 0.15) is 35.1 Å². The van der Waals surface area contributed by atoms with Gasteiger partial charge in [-0.3, -0.25) is 0 Å². The highest BCUT2D eigenvalue weighted by Gasteiger charge is 2.25. The van der Waals surface area contributed by atoms with Crippen molar-refractivity contribution in [2.75, 3.05) is 0 Å². The summed E-state index contributed by atoms with van der Waals surface area (Å²) in [5, 5.41) is 5.88. The van der Waals surface area contributed by atoms with Crippen LogP contribution in [0.25, 0.3) is 0 Å². The number of carbonyl (C=O) groups is 1. The molecular weight excluding hydrogens is 344 g/mol. The number of benzene rings is 1. The van der Waals surface area contributed by atoms with Crippen molar-refractivity contribution in [3.05, 3.63) is 57.6 Å². The zero-order valence-electron chi connectivity index (χ0n) is 12.3. The Bertz CT molecular complexity index is 704. The molecule has 0 fully saturated rings. The van der Waals surface area contributed by atoms with Gasteiger partial charge in [-0.1, -0.05) is 28.1 Å². The highest BCUT2D eigenvalue weighted by molar-refractivity contribution is 9.10. The molecule has 1 unspecified atom stereocenters. The van der Waals surface area contributed by atoms with E-state index >= 15 is 0 Å². The van der Waals surface area contributed by atoms with Gasteiger partial charge in [-0.15, -0.1) is 0 Å². The molecule has 1 aliphatic carbocycles. The number of hydrogen-bond donors (Lipinski definition) is 2. The number of nitrogens with zero attached hydrogens (tertiary/aromatic N) is 2. The van der Waals surface area contributed by atoms with Crippen LogP contribution in [0, 0.1) is 6.92 Å². The van der Waals surface area contributed by atoms with Crippen molar-refractivity contribution < 1.29 is 4.79 Å². The Kier molecular flexibility index (Phi) is 4.38. The third-order valence-electron chi connectivity index (χ3n) is 3.78. The fourth-order valence-electron chi connectivity index (χ4n) is 2.74. The number of rotatable bonds is 3. The van der Waals surface area contributed by atoms with Gasteiger partial charge in [0.1, 0.15) is 5.82 Å². The van der Waals surface area contributed by atoms with Gasteiger partial charge in [0.25, 0.3) is 0 Å². The highest BCUT2D eigenvalue weighted by Crippen LogP contribution is 2.35. The number of fused-ring (bicyclic) bond motifs is 1. The minimum atomic E-state index is -0.172. The molecule has 6 heteroatoms. The Labute approximate surface area is 137 Å². The SMILES string of the molecule is Cc1nccc(CNC(=O)NC2CCc3c(Br)cccc32)n1. The molecule has 2 amide bonds. The third-order valence-corrected chi connectivity index (χ3v) is 4.53. The second kappa shape index (κ2) is 6.44. The molecule has 2 N–H and O–H groups in total. The molecule has 114 valence electrons. The van der Waals surface area contributed by atoms with Gasteiger partial charge in [0, 0.05) is 10.7 Å². The van der Waals surface area contributed by atoms with E-state index in [-0.39, 0.29) is 12.1 Å². The summed E-state index contributed by atoms with van der Waals surface area (Å²) in [6, 6.07) is 7.82. The van der Waals surface area contributed by atoms with Gasteiger partial charge in [-0.25, -0.2) is 14.8 Å². The number of aryl methyl sites for hydroxylation is 1. The van der Waals surface area contributed by atoms with Crippen LogP contribution < -0.4 is 10.6 Å². The largest absolute Gasteiger partial charge is 0.332 e. The number of aromatic nitrogens is 2. The molecule has 1 atom stereocenters. The molecule has 1 heterocycles. The first kappa shape index (κ1) is 15.0. The van der Waals surface area contributed by atoms with Gasteiger partial charge in [0.2, 0.25) is 0 Å². The lowest BCUT2D eigenvalue weighted by molar-refractivity contribution is 0.236. The van der Waals surface area contributed by atoms with E-state index in [1.807, 2.05) is 19.1 Å². The van der Waals surface area contributed by atoms with Crippen molar-refractivity contribution >= 4 is 22.0 Å². The van der Waals surface area contributed by atoms with Gasteiger partial charge in [0.05, 0.1) is 18.3 Å². The Morgan fingerprint density at radius 1 is 1.41 bits per heavy atom. The summed E-state index contributed by atoms with van der Waals surface area (Å²) in [5.41, 5.74) is 3.29. The molecule has 22 heavy (non-hydrogen) atoms. The number of amides is 2. The van der Waals surface area contributed by atoms with E-state index in [4.69, 9.17) is 0 Å². The van der Waals surface area contributed by atoms with E-state index in [1.54, 1.807) is 12.3 Å². The fourth-order valence-corrected chi connectivity index (χ4v) is 3.32. The molecule has 0 spiro atoms. The third kappa shape index (κ3) is 3.27. The molecule has 2 aromatic rings. The monoisotopic (exact) mass is 360 g/mol. The molecule has 1 aliphatic rings. The zero-order chi connectivity index (χ0) is 15.5. The molecule has 3 rings (SSSR count). The maximum atomic E-state index is 12.1. The summed E-state index contributed by atoms with van der Waals surface area (Å²) in [6.07, 6.45) is 3.60. The summed E-state index contributed by atoms with van der Waals surface area (Å²) in [4.78, 5) is 20.4. The van der Waals surface area contributed by atoms with Crippen LogP contribution in [-0.4, -0.2) is 16.0 Å². The summed E-state index contributed by atoms with van der Waals surface area (Å²) in [7, 11) is 0. The number of hydrogen-bond acceptors (Lipinski definition) is 3. The van der Waals surface area contributed by atoms with E-state index in [9.17, 15) is 4.79 Å². The van der Waals surface area contributed by atoms with Gasteiger partial charge in [0.15, 0.2) is 0 Å². The normalized spacial score (nSPS) is 16.2. The number of urea groups is 1. The Balaban J connectivity index is 1.59. The van der Waals surface area contributed by atoms with Gasteiger partial charge >= 0.3 is 6.03 Å². The predicted octanol–water partition coefficient (Wildman–Crippen LogP) is 3.03. The molecular formula is C16H17BrN4O.